The average Bonchev–Trinajstić information content (AvgIpc) is 2.44. The van der Waals surface area contributed by atoms with Gasteiger partial charge in [0.05, 0.1) is 6.61 Å². The van der Waals surface area contributed by atoms with E-state index in [4.69, 9.17) is 0 Å². The van der Waals surface area contributed by atoms with Gasteiger partial charge in [-0.1, -0.05) is 19.1 Å². The Hall–Kier alpha value is -0.760. The maximum absolute atomic E-state index is 9.18. The highest BCUT2D eigenvalue weighted by Crippen LogP contribution is 2.30. The van der Waals surface area contributed by atoms with Crippen LogP contribution < -0.4 is 0 Å². The first kappa shape index (κ1) is 10.3. The lowest BCUT2D eigenvalue weighted by atomic mass is 10.0. The van der Waals surface area contributed by atoms with Crippen molar-refractivity contribution in [2.75, 3.05) is 20.2 Å². The minimum Gasteiger partial charge on any atom is -0.396 e. The molecule has 2 heteroatoms. The third-order valence-electron chi connectivity index (χ3n) is 2.57. The van der Waals surface area contributed by atoms with Gasteiger partial charge < -0.3 is 10.0 Å². The Morgan fingerprint density at radius 1 is 1.62 bits per heavy atom. The van der Waals surface area contributed by atoms with Crippen molar-refractivity contribution in [1.82, 2.24) is 4.90 Å². The summed E-state index contributed by atoms with van der Waals surface area (Å²) in [5, 5.41) is 9.18. The van der Waals surface area contributed by atoms with E-state index in [0.717, 1.165) is 13.0 Å². The van der Waals surface area contributed by atoms with Crippen LogP contribution in [-0.4, -0.2) is 30.2 Å². The molecule has 1 heterocycles. The van der Waals surface area contributed by atoms with Gasteiger partial charge in [-0.3, -0.25) is 0 Å². The van der Waals surface area contributed by atoms with Crippen LogP contribution in [0, 0.1) is 5.92 Å². The van der Waals surface area contributed by atoms with Gasteiger partial charge in [-0.05, 0) is 18.9 Å². The first-order chi connectivity index (χ1) is 6.24. The summed E-state index contributed by atoms with van der Waals surface area (Å²) in [7, 11) is 2.08. The monoisotopic (exact) mass is 181 g/mol. The van der Waals surface area contributed by atoms with Gasteiger partial charge in [0.15, 0.2) is 0 Å². The molecular formula is C11H19NO. The zero-order chi connectivity index (χ0) is 9.84. The van der Waals surface area contributed by atoms with Crippen LogP contribution >= 0.6 is 0 Å². The highest BCUT2D eigenvalue weighted by Gasteiger charge is 2.27. The molecule has 13 heavy (non-hydrogen) atoms. The largest absolute Gasteiger partial charge is 0.396 e. The van der Waals surface area contributed by atoms with Crippen molar-refractivity contribution in [2.24, 2.45) is 5.92 Å². The van der Waals surface area contributed by atoms with E-state index in [-0.39, 0.29) is 6.61 Å². The van der Waals surface area contributed by atoms with Crippen LogP contribution in [0.5, 0.6) is 0 Å². The fraction of sp³-hybridized carbons (Fsp3) is 0.636. The summed E-state index contributed by atoms with van der Waals surface area (Å²) in [6.45, 7) is 5.38. The number of allylic oxidation sites excluding steroid dienone is 3. The van der Waals surface area contributed by atoms with Gasteiger partial charge in [-0.2, -0.15) is 0 Å². The second kappa shape index (κ2) is 4.47. The predicted octanol–water partition coefficient (Wildman–Crippen LogP) is 1.78. The van der Waals surface area contributed by atoms with E-state index in [9.17, 15) is 5.11 Å². The van der Waals surface area contributed by atoms with Crippen LogP contribution in [0.2, 0.25) is 0 Å². The molecule has 1 aliphatic rings. The van der Waals surface area contributed by atoms with E-state index >= 15 is 0 Å². The number of nitrogens with zero attached hydrogens (tertiary/aromatic N) is 1. The summed E-state index contributed by atoms with van der Waals surface area (Å²) >= 11 is 0. The molecule has 2 nitrogen and oxygen atoms in total. The number of hydrogen-bond acceptors (Lipinski definition) is 2. The van der Waals surface area contributed by atoms with Gasteiger partial charge in [0.25, 0.3) is 0 Å². The van der Waals surface area contributed by atoms with E-state index in [1.165, 1.54) is 11.3 Å². The van der Waals surface area contributed by atoms with E-state index in [0.29, 0.717) is 5.92 Å². The lowest BCUT2D eigenvalue weighted by Gasteiger charge is -2.12. The number of aliphatic hydroxyl groups excluding tert-OH is 1. The van der Waals surface area contributed by atoms with Crippen molar-refractivity contribution < 1.29 is 5.11 Å². The third-order valence-corrected chi connectivity index (χ3v) is 2.57. The molecule has 1 unspecified atom stereocenters. The third kappa shape index (κ3) is 1.94. The minimum absolute atomic E-state index is 0.255. The van der Waals surface area contributed by atoms with Crippen molar-refractivity contribution in [3.8, 4) is 0 Å². The Balaban J connectivity index is 2.90. The van der Waals surface area contributed by atoms with Crippen LogP contribution in [0.15, 0.2) is 23.4 Å². The van der Waals surface area contributed by atoms with Gasteiger partial charge in [0.1, 0.15) is 0 Å². The molecule has 0 radical (unpaired) electrons. The van der Waals surface area contributed by atoms with Gasteiger partial charge in [-0.25, -0.2) is 0 Å². The Bertz CT molecular complexity index is 230. The predicted molar refractivity (Wildman–Crippen MR) is 55.3 cm³/mol. The molecule has 0 aromatic carbocycles. The standard InChI is InChI=1S/C11H19NO/c1-4-6-11-10(5-2)9(8-13)7-12(11)3/h5-6,9,13H,4,7-8H2,1-3H3/b10-5-,11-6+. The molecule has 1 fully saturated rings. The summed E-state index contributed by atoms with van der Waals surface area (Å²) in [4.78, 5) is 2.22. The Kier molecular flexibility index (Phi) is 3.55. The van der Waals surface area contributed by atoms with Crippen molar-refractivity contribution in [3.63, 3.8) is 0 Å². The van der Waals surface area contributed by atoms with Gasteiger partial charge in [-0.15, -0.1) is 0 Å². The summed E-state index contributed by atoms with van der Waals surface area (Å²) in [5.41, 5.74) is 2.59. The van der Waals surface area contributed by atoms with Crippen molar-refractivity contribution in [2.45, 2.75) is 20.3 Å². The van der Waals surface area contributed by atoms with Crippen LogP contribution in [-0.2, 0) is 0 Å². The maximum Gasteiger partial charge on any atom is 0.0517 e. The lowest BCUT2D eigenvalue weighted by molar-refractivity contribution is 0.241. The van der Waals surface area contributed by atoms with Crippen molar-refractivity contribution in [1.29, 1.82) is 0 Å². The molecule has 1 N–H and O–H groups in total. The van der Waals surface area contributed by atoms with Crippen LogP contribution in [0.4, 0.5) is 0 Å². The second-order valence-electron chi connectivity index (χ2n) is 3.50. The fourth-order valence-electron chi connectivity index (χ4n) is 1.96. The van der Waals surface area contributed by atoms with Gasteiger partial charge in [0, 0.05) is 25.2 Å². The maximum atomic E-state index is 9.18. The summed E-state index contributed by atoms with van der Waals surface area (Å²) < 4.78 is 0. The first-order valence-corrected chi connectivity index (χ1v) is 4.93. The zero-order valence-electron chi connectivity index (χ0n) is 8.75. The Labute approximate surface area is 80.6 Å². The molecule has 0 bridgehead atoms. The van der Waals surface area contributed by atoms with Crippen LogP contribution in [0.3, 0.4) is 0 Å². The highest BCUT2D eigenvalue weighted by atomic mass is 16.3. The van der Waals surface area contributed by atoms with E-state index < -0.39 is 0 Å². The molecule has 1 rings (SSSR count). The number of hydrogen-bond donors (Lipinski definition) is 1. The van der Waals surface area contributed by atoms with Crippen molar-refractivity contribution in [3.05, 3.63) is 23.4 Å². The molecule has 0 saturated carbocycles. The van der Waals surface area contributed by atoms with E-state index in [2.05, 4.69) is 31.0 Å². The molecule has 1 atom stereocenters. The van der Waals surface area contributed by atoms with E-state index in [1.807, 2.05) is 6.92 Å². The Morgan fingerprint density at radius 2 is 2.31 bits per heavy atom. The number of likely N-dealkylation sites (N-methyl/N-ethyl adjacent to an activating group) is 1. The SMILES string of the molecule is C/C=C1\C(=C/CC)N(C)CC1CO. The molecule has 0 spiro atoms. The van der Waals surface area contributed by atoms with Gasteiger partial charge in [0.2, 0.25) is 0 Å². The summed E-state index contributed by atoms with van der Waals surface area (Å²) in [5.74, 6) is 0.313. The molecule has 74 valence electrons. The topological polar surface area (TPSA) is 23.5 Å². The summed E-state index contributed by atoms with van der Waals surface area (Å²) in [6, 6.07) is 0. The minimum atomic E-state index is 0.255. The van der Waals surface area contributed by atoms with Crippen LogP contribution in [0.1, 0.15) is 20.3 Å². The normalized spacial score (nSPS) is 29.2. The first-order valence-electron chi connectivity index (χ1n) is 4.93. The fourth-order valence-corrected chi connectivity index (χ4v) is 1.96. The smallest absolute Gasteiger partial charge is 0.0517 e. The number of rotatable bonds is 2. The second-order valence-corrected chi connectivity index (χ2v) is 3.50. The quantitative estimate of drug-likeness (QED) is 0.702. The van der Waals surface area contributed by atoms with E-state index in [1.54, 1.807) is 0 Å². The Morgan fingerprint density at radius 3 is 2.77 bits per heavy atom. The molecule has 0 aliphatic carbocycles. The highest BCUT2D eigenvalue weighted by molar-refractivity contribution is 5.36. The number of aliphatic hydroxyl groups is 1. The van der Waals surface area contributed by atoms with Gasteiger partial charge >= 0.3 is 0 Å². The van der Waals surface area contributed by atoms with Crippen molar-refractivity contribution >= 4 is 0 Å². The van der Waals surface area contributed by atoms with Crippen LogP contribution in [0.25, 0.3) is 0 Å². The average molecular weight is 181 g/mol. The zero-order valence-corrected chi connectivity index (χ0v) is 8.75. The lowest BCUT2D eigenvalue weighted by Crippen LogP contribution is -2.14. The molecular weight excluding hydrogens is 162 g/mol. The molecule has 0 amide bonds. The molecule has 0 aromatic rings. The molecule has 1 aliphatic heterocycles. The summed E-state index contributed by atoms with van der Waals surface area (Å²) in [6.07, 6.45) is 5.39. The number of likely N-dealkylation sites (tertiary alicyclic amines) is 1. The molecule has 0 aromatic heterocycles. The molecule has 1 saturated heterocycles.